The summed E-state index contributed by atoms with van der Waals surface area (Å²) in [5.74, 6) is 6.28. The molecule has 3 fully saturated rings. The molecule has 0 radical (unpaired) electrons. The largest absolute Gasteiger partial charge is 0.394 e. The van der Waals surface area contributed by atoms with Crippen LogP contribution in [0.15, 0.2) is 11.6 Å². The molecule has 3 nitrogen and oxygen atoms in total. The summed E-state index contributed by atoms with van der Waals surface area (Å²) in [4.78, 5) is 0. The van der Waals surface area contributed by atoms with Crippen molar-refractivity contribution in [3.05, 3.63) is 11.6 Å². The van der Waals surface area contributed by atoms with Gasteiger partial charge in [-0.2, -0.15) is 0 Å². The maximum absolute atomic E-state index is 10.2. The van der Waals surface area contributed by atoms with Gasteiger partial charge < -0.3 is 14.9 Å². The molecule has 4 aliphatic carbocycles. The van der Waals surface area contributed by atoms with E-state index in [-0.39, 0.29) is 12.7 Å². The van der Waals surface area contributed by atoms with Gasteiger partial charge in [0.2, 0.25) is 0 Å². The molecule has 0 aliphatic heterocycles. The molecule has 8 atom stereocenters. The first-order valence-electron chi connectivity index (χ1n) is 17.2. The number of aliphatic hydroxyl groups is 2. The highest BCUT2D eigenvalue weighted by Gasteiger charge is 2.59. The summed E-state index contributed by atoms with van der Waals surface area (Å²) < 4.78 is 4.73. The van der Waals surface area contributed by atoms with Gasteiger partial charge in [0, 0.05) is 12.5 Å². The fourth-order valence-electron chi connectivity index (χ4n) is 9.22. The van der Waals surface area contributed by atoms with Gasteiger partial charge in [0.05, 0.1) is 19.3 Å². The summed E-state index contributed by atoms with van der Waals surface area (Å²) >= 11 is 5.38. The van der Waals surface area contributed by atoms with Crippen LogP contribution in [0.1, 0.15) is 138 Å². The fraction of sp³-hybridized carbons (Fsp3) is 0.944. The molecular formula is C36H67ClO3. The zero-order valence-electron chi connectivity index (χ0n) is 27.5. The summed E-state index contributed by atoms with van der Waals surface area (Å²) in [5.41, 5.74) is 2.60. The minimum absolute atomic E-state index is 0.0766. The number of unbranched alkanes of at least 4 members (excludes halogenated alkanes) is 2. The van der Waals surface area contributed by atoms with Crippen LogP contribution in [0, 0.1) is 46.3 Å². The van der Waals surface area contributed by atoms with Gasteiger partial charge in [-0.3, -0.25) is 0 Å². The maximum Gasteiger partial charge on any atom is 0.0697 e. The van der Waals surface area contributed by atoms with Crippen molar-refractivity contribution in [2.45, 2.75) is 144 Å². The van der Waals surface area contributed by atoms with Crippen LogP contribution < -0.4 is 0 Å². The number of fused-ring (bicyclic) bond motifs is 5. The first-order valence-corrected chi connectivity index (χ1v) is 17.7. The Balaban J connectivity index is 0.000000393. The van der Waals surface area contributed by atoms with Gasteiger partial charge in [0.1, 0.15) is 0 Å². The molecule has 0 amide bonds. The number of aliphatic hydroxyl groups excluding tert-OH is 2. The van der Waals surface area contributed by atoms with Gasteiger partial charge in [0.15, 0.2) is 0 Å². The molecule has 0 aromatic carbocycles. The van der Waals surface area contributed by atoms with Gasteiger partial charge >= 0.3 is 0 Å². The Morgan fingerprint density at radius 3 is 2.30 bits per heavy atom. The molecule has 0 aromatic heterocycles. The van der Waals surface area contributed by atoms with Crippen LogP contribution in [-0.2, 0) is 4.74 Å². The first kappa shape index (κ1) is 36.1. The SMILES string of the molecule is CC(C)CCCC(C)[C@H]1CC[C@H]2[C@@H]3CC=C4C[C@@H](O)CC[C@]4(C)[C@H]3CC[C@]12C.CCCCCCl.CCOCCO. The number of hydrogen-bond acceptors (Lipinski definition) is 3. The van der Waals surface area contributed by atoms with Gasteiger partial charge in [-0.05, 0) is 111 Å². The minimum Gasteiger partial charge on any atom is -0.394 e. The smallest absolute Gasteiger partial charge is 0.0697 e. The van der Waals surface area contributed by atoms with Gasteiger partial charge in [-0.25, -0.2) is 0 Å². The molecule has 4 heteroatoms. The Kier molecular flexibility index (Phi) is 16.1. The fourth-order valence-corrected chi connectivity index (χ4v) is 9.41. The predicted octanol–water partition coefficient (Wildman–Crippen LogP) is 9.82. The van der Waals surface area contributed by atoms with E-state index in [1.165, 1.54) is 77.0 Å². The first-order chi connectivity index (χ1) is 19.1. The van der Waals surface area contributed by atoms with Gasteiger partial charge in [-0.1, -0.05) is 85.3 Å². The van der Waals surface area contributed by atoms with Crippen LogP contribution in [0.2, 0.25) is 0 Å². The number of hydrogen-bond donors (Lipinski definition) is 2. The van der Waals surface area contributed by atoms with Crippen LogP contribution in [0.3, 0.4) is 0 Å². The quantitative estimate of drug-likeness (QED) is 0.145. The standard InChI is InChI=1S/C27H46O.C5H11Cl.C4H10O2/c1-18(2)7-6-8-19(3)23-11-12-24-22-10-9-20-17-21(28)13-15-26(20,4)25(22)14-16-27(23,24)5;1-2-3-4-5-6;1-2-6-4-3-5/h9,18-19,21-25,28H,6-8,10-17H2,1-5H3;2-5H2,1H3;5H,2-4H2,1H3/t19?,21-,22-,23+,24-,25-,26-,27+;;/m0../s1. The monoisotopic (exact) mass is 582 g/mol. The van der Waals surface area contributed by atoms with E-state index in [1.807, 2.05) is 6.92 Å². The Bertz CT molecular complexity index is 707. The van der Waals surface area contributed by atoms with Crippen molar-refractivity contribution in [1.29, 1.82) is 0 Å². The van der Waals surface area contributed by atoms with E-state index in [0.29, 0.717) is 24.0 Å². The molecule has 0 spiro atoms. The van der Waals surface area contributed by atoms with Crippen molar-refractivity contribution < 1.29 is 14.9 Å². The molecule has 2 N–H and O–H groups in total. The van der Waals surface area contributed by atoms with E-state index in [9.17, 15) is 5.11 Å². The molecule has 4 rings (SSSR count). The van der Waals surface area contributed by atoms with Crippen LogP contribution in [0.5, 0.6) is 0 Å². The Morgan fingerprint density at radius 1 is 0.975 bits per heavy atom. The lowest BCUT2D eigenvalue weighted by atomic mass is 9.47. The van der Waals surface area contributed by atoms with Crippen molar-refractivity contribution in [1.82, 2.24) is 0 Å². The molecule has 0 bridgehead atoms. The Hall–Kier alpha value is -0.0900. The van der Waals surface area contributed by atoms with Crippen molar-refractivity contribution in [2.24, 2.45) is 46.3 Å². The molecule has 1 unspecified atom stereocenters. The van der Waals surface area contributed by atoms with Gasteiger partial charge in [-0.15, -0.1) is 11.6 Å². The summed E-state index contributed by atoms with van der Waals surface area (Å²) in [5, 5.41) is 18.3. The Morgan fingerprint density at radius 2 is 1.73 bits per heavy atom. The van der Waals surface area contributed by atoms with Crippen molar-refractivity contribution in [2.75, 3.05) is 25.7 Å². The zero-order chi connectivity index (χ0) is 29.8. The second-order valence-corrected chi connectivity index (χ2v) is 14.9. The molecular weight excluding hydrogens is 516 g/mol. The lowest BCUT2D eigenvalue weighted by Crippen LogP contribution is -2.50. The highest BCUT2D eigenvalue weighted by Crippen LogP contribution is 2.67. The average molecular weight is 583 g/mol. The lowest BCUT2D eigenvalue weighted by molar-refractivity contribution is -0.0573. The Labute approximate surface area is 254 Å². The topological polar surface area (TPSA) is 49.7 Å². The van der Waals surface area contributed by atoms with Crippen LogP contribution >= 0.6 is 11.6 Å². The summed E-state index contributed by atoms with van der Waals surface area (Å²) in [6.45, 7) is 17.9. The third-order valence-corrected chi connectivity index (χ3v) is 11.7. The third kappa shape index (κ3) is 9.45. The molecule has 0 aromatic rings. The molecule has 236 valence electrons. The molecule has 4 aliphatic rings. The van der Waals surface area contributed by atoms with E-state index in [4.69, 9.17) is 21.4 Å². The van der Waals surface area contributed by atoms with Crippen LogP contribution in [-0.4, -0.2) is 42.0 Å². The maximum atomic E-state index is 10.2. The summed E-state index contributed by atoms with van der Waals surface area (Å²) in [6.07, 6.45) is 20.9. The predicted molar refractivity (Wildman–Crippen MR) is 173 cm³/mol. The lowest BCUT2D eigenvalue weighted by Gasteiger charge is -2.58. The highest BCUT2D eigenvalue weighted by molar-refractivity contribution is 6.17. The van der Waals surface area contributed by atoms with Crippen LogP contribution in [0.25, 0.3) is 0 Å². The van der Waals surface area contributed by atoms with Crippen LogP contribution in [0.4, 0.5) is 0 Å². The third-order valence-electron chi connectivity index (χ3n) is 11.5. The zero-order valence-corrected chi connectivity index (χ0v) is 28.3. The van der Waals surface area contributed by atoms with E-state index in [1.54, 1.807) is 5.57 Å². The number of allylic oxidation sites excluding steroid dienone is 1. The highest BCUT2D eigenvalue weighted by atomic mass is 35.5. The van der Waals surface area contributed by atoms with Crippen molar-refractivity contribution in [3.8, 4) is 0 Å². The average Bonchev–Trinajstić information content (AvgIpc) is 3.29. The number of alkyl halides is 1. The molecule has 3 saturated carbocycles. The van der Waals surface area contributed by atoms with Gasteiger partial charge in [0.25, 0.3) is 0 Å². The van der Waals surface area contributed by atoms with E-state index >= 15 is 0 Å². The second kappa shape index (κ2) is 17.9. The number of ether oxygens (including phenoxy) is 1. The second-order valence-electron chi connectivity index (χ2n) is 14.5. The van der Waals surface area contributed by atoms with Crippen molar-refractivity contribution in [3.63, 3.8) is 0 Å². The van der Waals surface area contributed by atoms with Crippen molar-refractivity contribution >= 4 is 11.6 Å². The van der Waals surface area contributed by atoms with E-state index in [0.717, 1.165) is 54.2 Å². The number of halogens is 1. The van der Waals surface area contributed by atoms with E-state index < -0.39 is 0 Å². The minimum atomic E-state index is -0.0766. The summed E-state index contributed by atoms with van der Waals surface area (Å²) in [6, 6.07) is 0. The van der Waals surface area contributed by atoms with E-state index in [2.05, 4.69) is 47.6 Å². The molecule has 40 heavy (non-hydrogen) atoms. The summed E-state index contributed by atoms with van der Waals surface area (Å²) in [7, 11) is 0. The molecule has 0 saturated heterocycles. The normalized spacial score (nSPS) is 35.3. The molecule has 0 heterocycles. The number of rotatable bonds is 11.